The third-order valence-electron chi connectivity index (χ3n) is 4.30. The number of rotatable bonds is 5. The number of carbonyl (C=O) groups is 1. The van der Waals surface area contributed by atoms with Crippen LogP contribution >= 0.6 is 11.6 Å². The van der Waals surface area contributed by atoms with Crippen LogP contribution in [0.3, 0.4) is 0 Å². The van der Waals surface area contributed by atoms with Crippen molar-refractivity contribution in [3.8, 4) is 5.75 Å². The Kier molecular flexibility index (Phi) is 5.79. The van der Waals surface area contributed by atoms with Gasteiger partial charge in [0.15, 0.2) is 5.82 Å². The Balaban J connectivity index is 1.74. The molecule has 1 aliphatic rings. The Morgan fingerprint density at radius 3 is 2.82 bits per heavy atom. The lowest BCUT2D eigenvalue weighted by atomic mass is 10.1. The van der Waals surface area contributed by atoms with Crippen molar-refractivity contribution in [2.75, 3.05) is 12.0 Å². The summed E-state index contributed by atoms with van der Waals surface area (Å²) >= 11 is 6.01. The molecule has 0 spiro atoms. The van der Waals surface area contributed by atoms with E-state index >= 15 is 0 Å². The maximum Gasteiger partial charge on any atom is 0.417 e. The third kappa shape index (κ3) is 4.22. The van der Waals surface area contributed by atoms with Crippen molar-refractivity contribution < 1.29 is 22.7 Å². The molecular formula is C19H17ClF3N3O2. The molecule has 1 aliphatic heterocycles. The molecule has 0 aliphatic carbocycles. The molecule has 2 aromatic rings. The molecule has 2 heterocycles. The number of hydrogen-bond donors (Lipinski definition) is 1. The number of nitrogens with one attached hydrogen (secondary N) is 1. The summed E-state index contributed by atoms with van der Waals surface area (Å²) in [6.45, 7) is 0.251. The monoisotopic (exact) mass is 411 g/mol. The Morgan fingerprint density at radius 2 is 2.14 bits per heavy atom. The van der Waals surface area contributed by atoms with Gasteiger partial charge < -0.3 is 15.0 Å². The van der Waals surface area contributed by atoms with Crippen molar-refractivity contribution in [3.63, 3.8) is 0 Å². The van der Waals surface area contributed by atoms with Crippen LogP contribution in [0.25, 0.3) is 0 Å². The number of hydrogen-bond acceptors (Lipinski definition) is 4. The van der Waals surface area contributed by atoms with E-state index in [1.165, 1.54) is 4.90 Å². The second-order valence-corrected chi connectivity index (χ2v) is 6.51. The molecule has 1 aromatic carbocycles. The summed E-state index contributed by atoms with van der Waals surface area (Å²) in [5, 5.41) is 2.64. The number of para-hydroxylation sites is 1. The van der Waals surface area contributed by atoms with E-state index in [0.29, 0.717) is 18.4 Å². The number of benzene rings is 1. The zero-order chi connectivity index (χ0) is 20.3. The molecule has 0 fully saturated rings. The van der Waals surface area contributed by atoms with Gasteiger partial charge in [-0.05, 0) is 18.6 Å². The number of carbonyl (C=O) groups excluding carboxylic acids is 1. The summed E-state index contributed by atoms with van der Waals surface area (Å²) < 4.78 is 43.7. The Labute approximate surface area is 164 Å². The summed E-state index contributed by atoms with van der Waals surface area (Å²) in [5.74, 6) is 0.450. The third-order valence-corrected chi connectivity index (χ3v) is 4.58. The minimum absolute atomic E-state index is 0.0980. The maximum atomic E-state index is 12.8. The smallest absolute Gasteiger partial charge is 0.417 e. The highest BCUT2D eigenvalue weighted by Crippen LogP contribution is 2.35. The molecule has 1 aromatic heterocycles. The average molecular weight is 412 g/mol. The van der Waals surface area contributed by atoms with Gasteiger partial charge in [-0.25, -0.2) is 4.98 Å². The van der Waals surface area contributed by atoms with E-state index in [1.807, 2.05) is 18.2 Å². The van der Waals surface area contributed by atoms with Gasteiger partial charge in [-0.2, -0.15) is 13.2 Å². The molecular weight excluding hydrogens is 395 g/mol. The highest BCUT2D eigenvalue weighted by molar-refractivity contribution is 6.33. The number of alkyl halides is 3. The summed E-state index contributed by atoms with van der Waals surface area (Å²) in [6.07, 6.45) is -0.118. The van der Waals surface area contributed by atoms with Crippen molar-refractivity contribution in [1.29, 1.82) is 0 Å². The van der Waals surface area contributed by atoms with E-state index in [9.17, 15) is 18.0 Å². The SMILES string of the molecule is COc1ccccc1CNC(=O)C1CC=CN1c1ncc(C(F)(F)F)cc1Cl. The van der Waals surface area contributed by atoms with Gasteiger partial charge in [0.05, 0.1) is 17.7 Å². The number of aromatic nitrogens is 1. The van der Waals surface area contributed by atoms with Crippen molar-refractivity contribution >= 4 is 23.3 Å². The first kappa shape index (κ1) is 20.0. The van der Waals surface area contributed by atoms with Crippen molar-refractivity contribution in [1.82, 2.24) is 10.3 Å². The molecule has 1 atom stereocenters. The van der Waals surface area contributed by atoms with Gasteiger partial charge >= 0.3 is 6.18 Å². The van der Waals surface area contributed by atoms with Gasteiger partial charge in [0, 0.05) is 24.5 Å². The van der Waals surface area contributed by atoms with Gasteiger partial charge in [0.25, 0.3) is 0 Å². The van der Waals surface area contributed by atoms with Gasteiger partial charge in [-0.1, -0.05) is 35.9 Å². The largest absolute Gasteiger partial charge is 0.496 e. The number of halogens is 4. The molecule has 1 N–H and O–H groups in total. The zero-order valence-corrected chi connectivity index (χ0v) is 15.6. The summed E-state index contributed by atoms with van der Waals surface area (Å²) in [5.41, 5.74) is -0.136. The van der Waals surface area contributed by atoms with Crippen LogP contribution in [0.4, 0.5) is 19.0 Å². The lowest BCUT2D eigenvalue weighted by Crippen LogP contribution is -2.42. The molecule has 1 unspecified atom stereocenters. The number of anilines is 1. The normalized spacial score (nSPS) is 16.3. The molecule has 0 radical (unpaired) electrons. The fourth-order valence-corrected chi connectivity index (χ4v) is 3.16. The standard InChI is InChI=1S/C19H17ClF3N3O2/c1-28-16-7-3-2-5-12(16)10-25-18(27)15-6-4-8-26(15)17-14(20)9-13(11-24-17)19(21,22)23/h2-5,7-9,11,15H,6,10H2,1H3,(H,25,27). The van der Waals surface area contributed by atoms with E-state index in [0.717, 1.165) is 11.6 Å². The van der Waals surface area contributed by atoms with E-state index in [1.54, 1.807) is 25.5 Å². The van der Waals surface area contributed by atoms with E-state index < -0.39 is 17.8 Å². The molecule has 3 rings (SSSR count). The highest BCUT2D eigenvalue weighted by Gasteiger charge is 2.34. The van der Waals surface area contributed by atoms with Crippen LogP contribution in [-0.4, -0.2) is 24.0 Å². The van der Waals surface area contributed by atoms with Crippen LogP contribution in [0, 0.1) is 0 Å². The quantitative estimate of drug-likeness (QED) is 0.802. The molecule has 148 valence electrons. The first-order valence-electron chi connectivity index (χ1n) is 8.38. The molecule has 28 heavy (non-hydrogen) atoms. The Hall–Kier alpha value is -2.74. The fraction of sp³-hybridized carbons (Fsp3) is 0.263. The molecule has 9 heteroatoms. The highest BCUT2D eigenvalue weighted by atomic mass is 35.5. The summed E-state index contributed by atoms with van der Waals surface area (Å²) in [6, 6.07) is 7.43. The lowest BCUT2D eigenvalue weighted by molar-refractivity contribution is -0.137. The maximum absolute atomic E-state index is 12.8. The molecule has 0 bridgehead atoms. The predicted octanol–water partition coefficient (Wildman–Crippen LogP) is 4.17. The van der Waals surface area contributed by atoms with Crippen LogP contribution in [0.15, 0.2) is 48.8 Å². The van der Waals surface area contributed by atoms with Crippen LogP contribution in [0.1, 0.15) is 17.5 Å². The Bertz CT molecular complexity index is 902. The lowest BCUT2D eigenvalue weighted by Gasteiger charge is -2.25. The van der Waals surface area contributed by atoms with Crippen molar-refractivity contribution in [2.24, 2.45) is 0 Å². The number of pyridine rings is 1. The number of nitrogens with zero attached hydrogens (tertiary/aromatic N) is 2. The number of amides is 1. The van der Waals surface area contributed by atoms with E-state index in [-0.39, 0.29) is 23.3 Å². The molecule has 0 saturated carbocycles. The van der Waals surface area contributed by atoms with Crippen LogP contribution in [0.2, 0.25) is 5.02 Å². The topological polar surface area (TPSA) is 54.5 Å². The van der Waals surface area contributed by atoms with E-state index in [4.69, 9.17) is 16.3 Å². The van der Waals surface area contributed by atoms with Gasteiger partial charge in [-0.3, -0.25) is 4.79 Å². The van der Waals surface area contributed by atoms with Gasteiger partial charge in [-0.15, -0.1) is 0 Å². The fourth-order valence-electron chi connectivity index (χ4n) is 2.90. The first-order valence-corrected chi connectivity index (χ1v) is 8.76. The minimum atomic E-state index is -4.54. The van der Waals surface area contributed by atoms with Crippen LogP contribution in [-0.2, 0) is 17.5 Å². The average Bonchev–Trinajstić information content (AvgIpc) is 3.15. The first-order chi connectivity index (χ1) is 13.3. The molecule has 1 amide bonds. The molecule has 5 nitrogen and oxygen atoms in total. The second kappa shape index (κ2) is 8.10. The molecule has 0 saturated heterocycles. The number of ether oxygens (including phenoxy) is 1. The Morgan fingerprint density at radius 1 is 1.39 bits per heavy atom. The minimum Gasteiger partial charge on any atom is -0.496 e. The van der Waals surface area contributed by atoms with Crippen molar-refractivity contribution in [3.05, 3.63) is 65.0 Å². The van der Waals surface area contributed by atoms with Crippen molar-refractivity contribution in [2.45, 2.75) is 25.2 Å². The predicted molar refractivity (Wildman–Crippen MR) is 99.1 cm³/mol. The number of methoxy groups -OCH3 is 1. The zero-order valence-electron chi connectivity index (χ0n) is 14.8. The summed E-state index contributed by atoms with van der Waals surface area (Å²) in [7, 11) is 1.54. The summed E-state index contributed by atoms with van der Waals surface area (Å²) in [4.78, 5) is 18.0. The van der Waals surface area contributed by atoms with Crippen LogP contribution in [0.5, 0.6) is 5.75 Å². The van der Waals surface area contributed by atoms with Crippen LogP contribution < -0.4 is 15.0 Å². The second-order valence-electron chi connectivity index (χ2n) is 6.10. The van der Waals surface area contributed by atoms with Gasteiger partial charge in [0.1, 0.15) is 11.8 Å². The van der Waals surface area contributed by atoms with Gasteiger partial charge in [0.2, 0.25) is 5.91 Å². The van der Waals surface area contributed by atoms with E-state index in [2.05, 4.69) is 10.3 Å².